The van der Waals surface area contributed by atoms with E-state index < -0.39 is 0 Å². The van der Waals surface area contributed by atoms with Crippen molar-refractivity contribution in [2.45, 2.75) is 13.3 Å². The molecule has 2 aliphatic rings. The summed E-state index contributed by atoms with van der Waals surface area (Å²) in [5.41, 5.74) is 1.13. The van der Waals surface area contributed by atoms with Crippen LogP contribution in [-0.4, -0.2) is 23.1 Å². The predicted molar refractivity (Wildman–Crippen MR) is 50.6 cm³/mol. The first-order valence-electron chi connectivity index (χ1n) is 4.86. The molecule has 0 aromatic carbocycles. The Bertz CT molecular complexity index is 309. The number of rotatable bonds is 1. The van der Waals surface area contributed by atoms with E-state index in [1.165, 1.54) is 19.5 Å². The molecule has 0 amide bonds. The molecule has 2 unspecified atom stereocenters. The zero-order valence-corrected chi connectivity index (χ0v) is 7.77. The van der Waals surface area contributed by atoms with Gasteiger partial charge in [-0.25, -0.2) is 9.97 Å². The number of fused-ring (bicyclic) bond motifs is 1. The molecule has 68 valence electrons. The molecular weight excluding hydrogens is 162 g/mol. The van der Waals surface area contributed by atoms with Crippen molar-refractivity contribution in [1.82, 2.24) is 9.97 Å². The second kappa shape index (κ2) is 2.44. The molecule has 0 radical (unpaired) electrons. The molecule has 1 saturated heterocycles. The molecular formula is C10H13N3. The molecule has 1 aromatic rings. The monoisotopic (exact) mass is 175 g/mol. The summed E-state index contributed by atoms with van der Waals surface area (Å²) in [5.74, 6) is 2.81. The molecule has 3 rings (SSSR count). The van der Waals surface area contributed by atoms with Crippen LogP contribution in [0, 0.1) is 18.8 Å². The summed E-state index contributed by atoms with van der Waals surface area (Å²) in [5, 5.41) is 0. The molecule has 1 aromatic heterocycles. The van der Waals surface area contributed by atoms with Gasteiger partial charge in [-0.1, -0.05) is 0 Å². The lowest BCUT2D eigenvalue weighted by Crippen LogP contribution is -2.23. The van der Waals surface area contributed by atoms with E-state index in [1.807, 2.05) is 19.3 Å². The van der Waals surface area contributed by atoms with Gasteiger partial charge in [0.25, 0.3) is 0 Å². The fourth-order valence-electron chi connectivity index (χ4n) is 2.11. The minimum atomic E-state index is 0.915. The number of piperidine rings is 1. The van der Waals surface area contributed by atoms with Crippen molar-refractivity contribution in [1.29, 1.82) is 0 Å². The van der Waals surface area contributed by atoms with Gasteiger partial charge in [0.1, 0.15) is 0 Å². The summed E-state index contributed by atoms with van der Waals surface area (Å²) in [4.78, 5) is 11.0. The Morgan fingerprint density at radius 3 is 2.46 bits per heavy atom. The maximum absolute atomic E-state index is 4.33. The first-order chi connectivity index (χ1) is 6.33. The van der Waals surface area contributed by atoms with E-state index >= 15 is 0 Å². The Morgan fingerprint density at radius 2 is 1.85 bits per heavy atom. The summed E-state index contributed by atoms with van der Waals surface area (Å²) in [6.07, 6.45) is 5.22. The average molecular weight is 175 g/mol. The lowest BCUT2D eigenvalue weighted by atomic mass is 10.4. The van der Waals surface area contributed by atoms with Crippen LogP contribution in [0.2, 0.25) is 0 Å². The van der Waals surface area contributed by atoms with Gasteiger partial charge in [-0.05, 0) is 30.7 Å². The van der Waals surface area contributed by atoms with E-state index in [4.69, 9.17) is 0 Å². The van der Waals surface area contributed by atoms with Crippen LogP contribution in [0.3, 0.4) is 0 Å². The van der Waals surface area contributed by atoms with Crippen LogP contribution in [0.5, 0.6) is 0 Å². The number of hydrogen-bond donors (Lipinski definition) is 0. The van der Waals surface area contributed by atoms with Crippen LogP contribution in [0.1, 0.15) is 12.0 Å². The van der Waals surface area contributed by atoms with E-state index in [9.17, 15) is 0 Å². The summed E-state index contributed by atoms with van der Waals surface area (Å²) < 4.78 is 0. The third kappa shape index (κ3) is 1.19. The maximum Gasteiger partial charge on any atom is 0.225 e. The number of aromatic nitrogens is 2. The second-order valence-electron chi connectivity index (χ2n) is 4.22. The molecule has 3 heteroatoms. The first-order valence-corrected chi connectivity index (χ1v) is 4.86. The first kappa shape index (κ1) is 7.30. The van der Waals surface area contributed by atoms with Gasteiger partial charge in [0.2, 0.25) is 5.95 Å². The van der Waals surface area contributed by atoms with Crippen molar-refractivity contribution in [2.75, 3.05) is 18.0 Å². The van der Waals surface area contributed by atoms with Crippen molar-refractivity contribution < 1.29 is 0 Å². The molecule has 0 spiro atoms. The fourth-order valence-corrected chi connectivity index (χ4v) is 2.11. The number of aryl methyl sites for hydroxylation is 1. The van der Waals surface area contributed by atoms with Crippen LogP contribution >= 0.6 is 0 Å². The molecule has 3 nitrogen and oxygen atoms in total. The van der Waals surface area contributed by atoms with Crippen LogP contribution in [0.15, 0.2) is 12.4 Å². The Kier molecular flexibility index (Phi) is 1.37. The van der Waals surface area contributed by atoms with E-state index in [-0.39, 0.29) is 0 Å². The SMILES string of the molecule is Cc1cnc(N2CC3CC3C2)nc1. The molecule has 2 fully saturated rings. The van der Waals surface area contributed by atoms with E-state index in [1.54, 1.807) is 0 Å². The van der Waals surface area contributed by atoms with E-state index in [2.05, 4.69) is 14.9 Å². The zero-order valence-electron chi connectivity index (χ0n) is 7.77. The molecule has 0 bridgehead atoms. The van der Waals surface area contributed by atoms with Gasteiger partial charge in [0.05, 0.1) is 0 Å². The molecule has 1 aliphatic carbocycles. The van der Waals surface area contributed by atoms with Crippen molar-refractivity contribution in [3.05, 3.63) is 18.0 Å². The van der Waals surface area contributed by atoms with Gasteiger partial charge >= 0.3 is 0 Å². The Morgan fingerprint density at radius 1 is 1.23 bits per heavy atom. The highest BCUT2D eigenvalue weighted by atomic mass is 15.3. The number of nitrogens with zero attached hydrogens (tertiary/aromatic N) is 3. The zero-order chi connectivity index (χ0) is 8.84. The number of anilines is 1. The van der Waals surface area contributed by atoms with Crippen molar-refractivity contribution in [3.63, 3.8) is 0 Å². The van der Waals surface area contributed by atoms with Crippen LogP contribution in [0.4, 0.5) is 5.95 Å². The highest BCUT2D eigenvalue weighted by Crippen LogP contribution is 2.45. The minimum Gasteiger partial charge on any atom is -0.340 e. The maximum atomic E-state index is 4.33. The van der Waals surface area contributed by atoms with Gasteiger partial charge in [0.15, 0.2) is 0 Å². The van der Waals surface area contributed by atoms with Gasteiger partial charge in [0, 0.05) is 25.5 Å². The van der Waals surface area contributed by atoms with Crippen molar-refractivity contribution in [2.24, 2.45) is 11.8 Å². The minimum absolute atomic E-state index is 0.915. The summed E-state index contributed by atoms with van der Waals surface area (Å²) in [6.45, 7) is 4.37. The third-order valence-corrected chi connectivity index (χ3v) is 3.03. The highest BCUT2D eigenvalue weighted by molar-refractivity contribution is 5.34. The van der Waals surface area contributed by atoms with Gasteiger partial charge in [-0.15, -0.1) is 0 Å². The standard InChI is InChI=1S/C10H13N3/c1-7-3-11-10(12-4-7)13-5-8-2-9(8)6-13/h3-4,8-9H,2,5-6H2,1H3. The van der Waals surface area contributed by atoms with Crippen LogP contribution in [-0.2, 0) is 0 Å². The van der Waals surface area contributed by atoms with Crippen LogP contribution < -0.4 is 4.90 Å². The predicted octanol–water partition coefficient (Wildman–Crippen LogP) is 1.24. The normalized spacial score (nSPS) is 30.4. The summed E-state index contributed by atoms with van der Waals surface area (Å²) in [7, 11) is 0. The van der Waals surface area contributed by atoms with Gasteiger partial charge in [-0.2, -0.15) is 0 Å². The van der Waals surface area contributed by atoms with Crippen molar-refractivity contribution >= 4 is 5.95 Å². The van der Waals surface area contributed by atoms with Crippen molar-refractivity contribution in [3.8, 4) is 0 Å². The summed E-state index contributed by atoms with van der Waals surface area (Å²) >= 11 is 0. The summed E-state index contributed by atoms with van der Waals surface area (Å²) in [6, 6.07) is 0. The molecule has 13 heavy (non-hydrogen) atoms. The quantitative estimate of drug-likeness (QED) is 0.643. The highest BCUT2D eigenvalue weighted by Gasteiger charge is 2.45. The Labute approximate surface area is 77.8 Å². The van der Waals surface area contributed by atoms with Gasteiger partial charge < -0.3 is 4.90 Å². The molecule has 2 atom stereocenters. The second-order valence-corrected chi connectivity index (χ2v) is 4.22. The van der Waals surface area contributed by atoms with Gasteiger partial charge in [-0.3, -0.25) is 0 Å². The average Bonchev–Trinajstić information content (AvgIpc) is 2.75. The third-order valence-electron chi connectivity index (χ3n) is 3.03. The fraction of sp³-hybridized carbons (Fsp3) is 0.600. The Hall–Kier alpha value is -1.12. The molecule has 1 aliphatic heterocycles. The molecule has 2 heterocycles. The topological polar surface area (TPSA) is 29.0 Å². The van der Waals surface area contributed by atoms with E-state index in [0.29, 0.717) is 0 Å². The lowest BCUT2D eigenvalue weighted by Gasteiger charge is -2.16. The van der Waals surface area contributed by atoms with E-state index in [0.717, 1.165) is 23.3 Å². The smallest absolute Gasteiger partial charge is 0.225 e. The van der Waals surface area contributed by atoms with Crippen LogP contribution in [0.25, 0.3) is 0 Å². The Balaban J connectivity index is 1.81. The molecule has 0 N–H and O–H groups in total. The lowest BCUT2D eigenvalue weighted by molar-refractivity contribution is 0.786. The largest absolute Gasteiger partial charge is 0.340 e. The molecule has 1 saturated carbocycles. The number of hydrogen-bond acceptors (Lipinski definition) is 3.